The van der Waals surface area contributed by atoms with Crippen molar-refractivity contribution in [2.45, 2.75) is 104 Å². The van der Waals surface area contributed by atoms with Crippen LogP contribution < -0.4 is 0 Å². The minimum atomic E-state index is -1.79. The van der Waals surface area contributed by atoms with Gasteiger partial charge < -0.3 is 20.4 Å². The molecule has 4 N–H and O–H groups in total. The van der Waals surface area contributed by atoms with Crippen LogP contribution in [0.15, 0.2) is 11.6 Å². The summed E-state index contributed by atoms with van der Waals surface area (Å²) < 4.78 is 0. The summed E-state index contributed by atoms with van der Waals surface area (Å²) in [5, 5.41) is 42.0. The molecule has 0 radical (unpaired) electrons. The molecule has 0 heterocycles. The molecule has 0 aromatic heterocycles. The smallest absolute Gasteiger partial charge is 0.306 e. The van der Waals surface area contributed by atoms with E-state index in [1.54, 1.807) is 13.0 Å². The third-order valence-electron chi connectivity index (χ3n) is 10.6. The van der Waals surface area contributed by atoms with Crippen molar-refractivity contribution in [1.82, 2.24) is 0 Å². The van der Waals surface area contributed by atoms with E-state index in [0.29, 0.717) is 24.2 Å². The first-order valence-electron chi connectivity index (χ1n) is 13.0. The van der Waals surface area contributed by atoms with E-state index < -0.39 is 11.8 Å². The van der Waals surface area contributed by atoms with E-state index in [4.69, 9.17) is 5.11 Å². The predicted molar refractivity (Wildman–Crippen MR) is 124 cm³/mol. The Morgan fingerprint density at radius 3 is 2.47 bits per heavy atom. The quantitative estimate of drug-likeness (QED) is 0.347. The minimum Gasteiger partial charge on any atom is -0.481 e. The summed E-state index contributed by atoms with van der Waals surface area (Å²) in [6.45, 7) is 8.81. The Bertz CT molecular complexity index is 759. The average molecular weight is 449 g/mol. The van der Waals surface area contributed by atoms with Gasteiger partial charge in [-0.25, -0.2) is 0 Å². The van der Waals surface area contributed by atoms with E-state index in [1.165, 1.54) is 0 Å². The largest absolute Gasteiger partial charge is 0.481 e. The van der Waals surface area contributed by atoms with Gasteiger partial charge in [0.1, 0.15) is 0 Å². The van der Waals surface area contributed by atoms with Gasteiger partial charge >= 0.3 is 5.97 Å². The Kier molecular flexibility index (Phi) is 6.35. The van der Waals surface area contributed by atoms with Crippen LogP contribution in [0.3, 0.4) is 0 Å². The third kappa shape index (κ3) is 3.86. The van der Waals surface area contributed by atoms with Gasteiger partial charge in [0.05, 0.1) is 12.0 Å². The normalized spacial score (nSPS) is 44.6. The van der Waals surface area contributed by atoms with Crippen LogP contribution >= 0.6 is 0 Å². The number of aliphatic hydroxyl groups excluding tert-OH is 1. The van der Waals surface area contributed by atoms with Crippen LogP contribution in [0.1, 0.15) is 91.9 Å². The van der Waals surface area contributed by atoms with Crippen LogP contribution in [-0.2, 0) is 4.79 Å². The molecule has 0 unspecified atom stereocenters. The molecule has 3 fully saturated rings. The van der Waals surface area contributed by atoms with E-state index >= 15 is 0 Å². The van der Waals surface area contributed by atoms with Crippen molar-refractivity contribution in [3.8, 4) is 0 Å². The lowest BCUT2D eigenvalue weighted by Crippen LogP contribution is -2.59. The predicted octanol–water partition coefficient (Wildman–Crippen LogP) is 4.74. The van der Waals surface area contributed by atoms with Crippen molar-refractivity contribution in [2.24, 2.45) is 46.3 Å². The third-order valence-corrected chi connectivity index (χ3v) is 10.6. The molecule has 5 heteroatoms. The average Bonchev–Trinajstić information content (AvgIpc) is 3.06. The molecule has 5 nitrogen and oxygen atoms in total. The van der Waals surface area contributed by atoms with Crippen LogP contribution in [0.25, 0.3) is 0 Å². The van der Waals surface area contributed by atoms with Gasteiger partial charge in [0, 0.05) is 5.92 Å². The highest BCUT2D eigenvalue weighted by atomic mass is 16.5. The van der Waals surface area contributed by atoms with Gasteiger partial charge in [-0.1, -0.05) is 46.1 Å². The molecular weight excluding hydrogens is 404 g/mol. The zero-order valence-electron chi connectivity index (χ0n) is 20.4. The van der Waals surface area contributed by atoms with E-state index in [-0.39, 0.29) is 34.7 Å². The maximum absolute atomic E-state index is 11.3. The molecule has 0 bridgehead atoms. The fourth-order valence-corrected chi connectivity index (χ4v) is 8.71. The Morgan fingerprint density at radius 1 is 1.06 bits per heavy atom. The van der Waals surface area contributed by atoms with E-state index in [2.05, 4.69) is 20.8 Å². The number of aliphatic hydroxyl groups is 3. The van der Waals surface area contributed by atoms with Crippen molar-refractivity contribution in [1.29, 1.82) is 0 Å². The fraction of sp³-hybridized carbons (Fsp3) is 0.889. The van der Waals surface area contributed by atoms with Crippen LogP contribution in [0.5, 0.6) is 0 Å². The number of carboxylic acid groups (broad SMARTS) is 1. The molecule has 32 heavy (non-hydrogen) atoms. The first-order chi connectivity index (χ1) is 14.9. The first kappa shape index (κ1) is 24.2. The highest BCUT2D eigenvalue weighted by molar-refractivity contribution is 5.69. The van der Waals surface area contributed by atoms with E-state index in [0.717, 1.165) is 63.4 Å². The topological polar surface area (TPSA) is 98.0 Å². The lowest BCUT2D eigenvalue weighted by Gasteiger charge is -2.61. The summed E-state index contributed by atoms with van der Waals surface area (Å²) in [5.74, 6) is -1.31. The molecule has 0 aromatic rings. The van der Waals surface area contributed by atoms with Gasteiger partial charge in [-0.15, -0.1) is 0 Å². The second kappa shape index (κ2) is 8.39. The molecular formula is C27H44O5. The van der Waals surface area contributed by atoms with Crippen LogP contribution in [-0.4, -0.2) is 38.3 Å². The fourth-order valence-electron chi connectivity index (χ4n) is 8.71. The standard InChI is InChI=1S/C27H44O5/c1-16(6-5-7-17(2)24(29)30)20-8-9-21-23-22(11-13-26(20,21)4)25(3)12-10-19(28)14-18(25)15-27(23,31)32/h15-17,19-23,28,31-32H,5-14H2,1-4H3,(H,29,30)/t16-,17-,19+,20-,21+,22+,23+,25+,26-/m1/s1. The van der Waals surface area contributed by atoms with Gasteiger partial charge in [-0.3, -0.25) is 4.79 Å². The van der Waals surface area contributed by atoms with Gasteiger partial charge in [-0.2, -0.15) is 0 Å². The summed E-state index contributed by atoms with van der Waals surface area (Å²) in [7, 11) is 0. The van der Waals surface area contributed by atoms with Crippen molar-refractivity contribution in [2.75, 3.05) is 0 Å². The monoisotopic (exact) mass is 448 g/mol. The highest BCUT2D eigenvalue weighted by Gasteiger charge is 2.64. The molecule has 9 atom stereocenters. The lowest BCUT2D eigenvalue weighted by atomic mass is 9.45. The van der Waals surface area contributed by atoms with E-state index in [9.17, 15) is 20.1 Å². The van der Waals surface area contributed by atoms with Crippen molar-refractivity contribution in [3.05, 3.63) is 11.6 Å². The maximum Gasteiger partial charge on any atom is 0.306 e. The molecule has 0 amide bonds. The number of hydrogen-bond donors (Lipinski definition) is 4. The highest BCUT2D eigenvalue weighted by Crippen LogP contribution is 2.68. The number of carbonyl (C=O) groups is 1. The lowest BCUT2D eigenvalue weighted by molar-refractivity contribution is -0.236. The summed E-state index contributed by atoms with van der Waals surface area (Å²) in [4.78, 5) is 11.1. The number of hydrogen-bond acceptors (Lipinski definition) is 4. The molecule has 0 saturated heterocycles. The Balaban J connectivity index is 1.53. The zero-order chi connectivity index (χ0) is 23.5. The Labute approximate surface area is 193 Å². The maximum atomic E-state index is 11.3. The summed E-state index contributed by atoms with van der Waals surface area (Å²) >= 11 is 0. The minimum absolute atomic E-state index is 0.0309. The number of carboxylic acids is 1. The molecule has 4 aliphatic carbocycles. The van der Waals surface area contributed by atoms with Gasteiger partial charge in [-0.05, 0) is 91.9 Å². The first-order valence-corrected chi connectivity index (χ1v) is 13.0. The van der Waals surface area contributed by atoms with E-state index in [1.807, 2.05) is 0 Å². The number of aliphatic carboxylic acids is 1. The molecule has 0 spiro atoms. The van der Waals surface area contributed by atoms with Crippen LogP contribution in [0.4, 0.5) is 0 Å². The summed E-state index contributed by atoms with van der Waals surface area (Å²) in [6.07, 6.45) is 10.7. The van der Waals surface area contributed by atoms with Crippen molar-refractivity contribution >= 4 is 5.97 Å². The second-order valence-electron chi connectivity index (χ2n) is 12.4. The van der Waals surface area contributed by atoms with Gasteiger partial charge in [0.2, 0.25) is 0 Å². The Hall–Kier alpha value is -0.910. The molecule has 0 aromatic carbocycles. The van der Waals surface area contributed by atoms with Crippen LogP contribution in [0.2, 0.25) is 0 Å². The SMILES string of the molecule is C[C@H](CCC[C@@H](C)[C@H]1CC[C@H]2[C@H]3[C@H](CC[C@]12C)[C@@]1(C)CC[C@H](O)CC1=CC3(O)O)C(=O)O. The summed E-state index contributed by atoms with van der Waals surface area (Å²) in [5.41, 5.74) is 1.13. The van der Waals surface area contributed by atoms with Crippen molar-refractivity contribution < 1.29 is 25.2 Å². The van der Waals surface area contributed by atoms with Crippen LogP contribution in [0, 0.1) is 46.3 Å². The molecule has 4 rings (SSSR count). The molecule has 0 aliphatic heterocycles. The van der Waals surface area contributed by atoms with Gasteiger partial charge in [0.25, 0.3) is 0 Å². The van der Waals surface area contributed by atoms with Gasteiger partial charge in [0.15, 0.2) is 5.79 Å². The zero-order valence-corrected chi connectivity index (χ0v) is 20.4. The summed E-state index contributed by atoms with van der Waals surface area (Å²) in [6, 6.07) is 0. The number of rotatable bonds is 6. The molecule has 4 aliphatic rings. The number of fused-ring (bicyclic) bond motifs is 5. The molecule has 3 saturated carbocycles. The Morgan fingerprint density at radius 2 is 1.78 bits per heavy atom. The second-order valence-corrected chi connectivity index (χ2v) is 12.4. The molecule has 182 valence electrons. The van der Waals surface area contributed by atoms with Crippen molar-refractivity contribution in [3.63, 3.8) is 0 Å².